The fourth-order valence-electron chi connectivity index (χ4n) is 2.68. The van der Waals surface area contributed by atoms with Crippen molar-refractivity contribution in [1.29, 1.82) is 0 Å². The van der Waals surface area contributed by atoms with Gasteiger partial charge in [0.25, 0.3) is 5.91 Å². The van der Waals surface area contributed by atoms with E-state index >= 15 is 0 Å². The van der Waals surface area contributed by atoms with Gasteiger partial charge in [0.05, 0.1) is 6.61 Å². The van der Waals surface area contributed by atoms with Crippen molar-refractivity contribution in [3.8, 4) is 17.2 Å². The summed E-state index contributed by atoms with van der Waals surface area (Å²) in [5.41, 5.74) is 6.46. The molecule has 31 heavy (non-hydrogen) atoms. The lowest BCUT2D eigenvalue weighted by atomic mass is 10.2. The average molecular weight is 436 g/mol. The average Bonchev–Trinajstić information content (AvgIpc) is 2.74. The van der Waals surface area contributed by atoms with Crippen LogP contribution in [0.5, 0.6) is 17.2 Å². The molecule has 0 saturated heterocycles. The first kappa shape index (κ1) is 23.7. The van der Waals surface area contributed by atoms with Crippen LogP contribution in [0.25, 0.3) is 0 Å². The second kappa shape index (κ2) is 12.2. The van der Waals surface area contributed by atoms with Crippen LogP contribution in [0.4, 0.5) is 8.78 Å². The van der Waals surface area contributed by atoms with Crippen LogP contribution >= 0.6 is 0 Å². The van der Waals surface area contributed by atoms with Gasteiger partial charge in [-0.15, -0.1) is 0 Å². The Balaban J connectivity index is 1.99. The number of guanidine groups is 1. The van der Waals surface area contributed by atoms with Gasteiger partial charge in [0.15, 0.2) is 24.1 Å². The molecular formula is C21H26F2N4O4. The summed E-state index contributed by atoms with van der Waals surface area (Å²) < 4.78 is 41.1. The Labute approximate surface area is 179 Å². The van der Waals surface area contributed by atoms with Crippen molar-refractivity contribution >= 4 is 11.9 Å². The minimum absolute atomic E-state index is 0.0124. The molecule has 10 heteroatoms. The van der Waals surface area contributed by atoms with E-state index in [0.717, 1.165) is 5.56 Å². The number of nitrogens with zero attached hydrogens (tertiary/aromatic N) is 1. The molecule has 2 aromatic carbocycles. The van der Waals surface area contributed by atoms with Crippen LogP contribution in [0, 0.1) is 0 Å². The van der Waals surface area contributed by atoms with Crippen molar-refractivity contribution < 1.29 is 27.8 Å². The number of amides is 1. The van der Waals surface area contributed by atoms with Gasteiger partial charge in [0.1, 0.15) is 5.75 Å². The van der Waals surface area contributed by atoms with E-state index in [4.69, 9.17) is 15.2 Å². The van der Waals surface area contributed by atoms with Gasteiger partial charge in [-0.3, -0.25) is 9.79 Å². The molecule has 0 bridgehead atoms. The topological polar surface area (TPSA) is 107 Å². The zero-order valence-electron chi connectivity index (χ0n) is 17.4. The molecule has 0 saturated carbocycles. The molecule has 0 heterocycles. The second-order valence-corrected chi connectivity index (χ2v) is 6.24. The van der Waals surface area contributed by atoms with Crippen LogP contribution in [-0.2, 0) is 17.9 Å². The summed E-state index contributed by atoms with van der Waals surface area (Å²) in [5, 5.41) is 6.18. The lowest BCUT2D eigenvalue weighted by Gasteiger charge is -2.17. The summed E-state index contributed by atoms with van der Waals surface area (Å²) in [5.74, 6) is 0.645. The fraction of sp³-hybridized carbons (Fsp3) is 0.333. The molecule has 0 radical (unpaired) electrons. The molecule has 0 spiro atoms. The smallest absolute Gasteiger partial charge is 0.387 e. The number of aliphatic imine (C=N–C) groups is 1. The van der Waals surface area contributed by atoms with E-state index in [1.165, 1.54) is 0 Å². The number of nitrogens with two attached hydrogens (primary N) is 1. The maximum Gasteiger partial charge on any atom is 0.387 e. The Bertz CT molecular complexity index is 893. The zero-order chi connectivity index (χ0) is 22.6. The predicted molar refractivity (Wildman–Crippen MR) is 112 cm³/mol. The van der Waals surface area contributed by atoms with Gasteiger partial charge >= 0.3 is 6.61 Å². The standard InChI is InChI=1S/C21H26F2N4O4/c1-3-29-17-9-5-7-15(19(17)31-20(22)23)12-27-21(25-2)26-11-14-6-4-8-16(10-14)30-13-18(24)28/h4-10,20H,3,11-13H2,1-2H3,(H2,24,28)(H2,25,26,27). The Morgan fingerprint density at radius 3 is 2.55 bits per heavy atom. The Kier molecular flexibility index (Phi) is 9.34. The van der Waals surface area contributed by atoms with E-state index in [2.05, 4.69) is 20.4 Å². The van der Waals surface area contributed by atoms with E-state index in [9.17, 15) is 13.6 Å². The minimum atomic E-state index is -2.97. The van der Waals surface area contributed by atoms with Crippen LogP contribution in [0.1, 0.15) is 18.1 Å². The van der Waals surface area contributed by atoms with Crippen molar-refractivity contribution in [2.24, 2.45) is 10.7 Å². The maximum atomic E-state index is 12.9. The van der Waals surface area contributed by atoms with Gasteiger partial charge in [-0.1, -0.05) is 24.3 Å². The van der Waals surface area contributed by atoms with Gasteiger partial charge < -0.3 is 30.6 Å². The molecule has 0 fully saturated rings. The van der Waals surface area contributed by atoms with E-state index in [0.29, 0.717) is 30.4 Å². The number of para-hydroxylation sites is 1. The Morgan fingerprint density at radius 1 is 1.13 bits per heavy atom. The van der Waals surface area contributed by atoms with E-state index < -0.39 is 12.5 Å². The van der Waals surface area contributed by atoms with Crippen LogP contribution in [0.3, 0.4) is 0 Å². The highest BCUT2D eigenvalue weighted by Crippen LogP contribution is 2.32. The molecule has 2 aromatic rings. The third kappa shape index (κ3) is 8.00. The lowest BCUT2D eigenvalue weighted by Crippen LogP contribution is -2.36. The molecule has 0 aromatic heterocycles. The minimum Gasteiger partial charge on any atom is -0.490 e. The molecule has 1 amide bonds. The molecule has 0 aliphatic rings. The molecule has 8 nitrogen and oxygen atoms in total. The Morgan fingerprint density at radius 2 is 1.87 bits per heavy atom. The van der Waals surface area contributed by atoms with Gasteiger partial charge in [-0.25, -0.2) is 0 Å². The number of rotatable bonds is 11. The fourth-order valence-corrected chi connectivity index (χ4v) is 2.68. The number of carbonyl (C=O) groups excluding carboxylic acids is 1. The van der Waals surface area contributed by atoms with Gasteiger partial charge in [0.2, 0.25) is 0 Å². The van der Waals surface area contributed by atoms with Gasteiger partial charge in [0, 0.05) is 25.7 Å². The SMILES string of the molecule is CCOc1cccc(CNC(=NC)NCc2cccc(OCC(N)=O)c2)c1OC(F)F. The monoisotopic (exact) mass is 436 g/mol. The summed E-state index contributed by atoms with van der Waals surface area (Å²) in [4.78, 5) is 15.0. The van der Waals surface area contributed by atoms with E-state index in [1.807, 2.05) is 6.07 Å². The number of hydrogen-bond acceptors (Lipinski definition) is 5. The van der Waals surface area contributed by atoms with Crippen molar-refractivity contribution in [1.82, 2.24) is 10.6 Å². The molecular weight excluding hydrogens is 410 g/mol. The molecule has 2 rings (SSSR count). The third-order valence-electron chi connectivity index (χ3n) is 3.98. The Hall–Kier alpha value is -3.56. The summed E-state index contributed by atoms with van der Waals surface area (Å²) in [7, 11) is 1.59. The number of halogens is 2. The molecule has 0 aliphatic carbocycles. The van der Waals surface area contributed by atoms with E-state index in [-0.39, 0.29) is 24.7 Å². The highest BCUT2D eigenvalue weighted by Gasteiger charge is 2.16. The molecule has 0 unspecified atom stereocenters. The quantitative estimate of drug-likeness (QED) is 0.369. The maximum absolute atomic E-state index is 12.9. The number of carbonyl (C=O) groups is 1. The first-order chi connectivity index (χ1) is 14.9. The van der Waals surface area contributed by atoms with Crippen LogP contribution < -0.4 is 30.6 Å². The second-order valence-electron chi connectivity index (χ2n) is 6.24. The van der Waals surface area contributed by atoms with Gasteiger partial charge in [-0.2, -0.15) is 8.78 Å². The van der Waals surface area contributed by atoms with Crippen LogP contribution in [0.2, 0.25) is 0 Å². The van der Waals surface area contributed by atoms with Crippen molar-refractivity contribution in [2.45, 2.75) is 26.6 Å². The molecule has 168 valence electrons. The number of hydrogen-bond donors (Lipinski definition) is 3. The lowest BCUT2D eigenvalue weighted by molar-refractivity contribution is -0.119. The van der Waals surface area contributed by atoms with Crippen molar-refractivity contribution in [3.05, 3.63) is 53.6 Å². The highest BCUT2D eigenvalue weighted by molar-refractivity contribution is 5.79. The largest absolute Gasteiger partial charge is 0.490 e. The van der Waals surface area contributed by atoms with Gasteiger partial charge in [-0.05, 0) is 30.7 Å². The summed E-state index contributed by atoms with van der Waals surface area (Å²) >= 11 is 0. The predicted octanol–water partition coefficient (Wildman–Crippen LogP) is 2.42. The highest BCUT2D eigenvalue weighted by atomic mass is 19.3. The third-order valence-corrected chi connectivity index (χ3v) is 3.98. The number of benzene rings is 2. The van der Waals surface area contributed by atoms with E-state index in [1.54, 1.807) is 50.4 Å². The molecule has 0 atom stereocenters. The van der Waals surface area contributed by atoms with Crippen LogP contribution in [-0.4, -0.2) is 38.7 Å². The van der Waals surface area contributed by atoms with Crippen molar-refractivity contribution in [3.63, 3.8) is 0 Å². The summed E-state index contributed by atoms with van der Waals surface area (Å²) in [6.45, 7) is -0.498. The summed E-state index contributed by atoms with van der Waals surface area (Å²) in [6.07, 6.45) is 0. The number of ether oxygens (including phenoxy) is 3. The first-order valence-corrected chi connectivity index (χ1v) is 9.57. The number of alkyl halides is 2. The summed E-state index contributed by atoms with van der Waals surface area (Å²) in [6, 6.07) is 12.1. The zero-order valence-corrected chi connectivity index (χ0v) is 17.4. The number of nitrogens with one attached hydrogen (secondary N) is 2. The molecule has 0 aliphatic heterocycles. The molecule has 4 N–H and O–H groups in total. The number of primary amides is 1. The van der Waals surface area contributed by atoms with Crippen LogP contribution in [0.15, 0.2) is 47.5 Å². The van der Waals surface area contributed by atoms with Crippen molar-refractivity contribution in [2.75, 3.05) is 20.3 Å². The normalized spacial score (nSPS) is 11.2. The first-order valence-electron chi connectivity index (χ1n) is 9.57.